The first-order chi connectivity index (χ1) is 13.7. The average molecular weight is 488 g/mol. The maximum atomic E-state index is 3.69. The Morgan fingerprint density at radius 1 is 0.393 bits per heavy atom. The molecule has 0 bridgehead atoms. The summed E-state index contributed by atoms with van der Waals surface area (Å²) in [6.07, 6.45) is 0. The summed E-state index contributed by atoms with van der Waals surface area (Å²) in [7, 11) is 0. The number of hydrogen-bond acceptors (Lipinski definition) is 0. The lowest BCUT2D eigenvalue weighted by Gasteiger charge is -2.18. The largest absolute Gasteiger partial charge is 0.0622 e. The second kappa shape index (κ2) is 7.20. The molecule has 5 aromatic carbocycles. The highest BCUT2D eigenvalue weighted by Crippen LogP contribution is 2.44. The molecule has 134 valence electrons. The Bertz CT molecular complexity index is 1240. The molecule has 0 aliphatic heterocycles. The SMILES string of the molecule is Brc1ccc2c(-c3ccccc3)c3ccc(Br)cc3c(-c3ccccc3)c2c1. The Kier molecular flexibility index (Phi) is 4.54. The van der Waals surface area contributed by atoms with Gasteiger partial charge in [-0.15, -0.1) is 0 Å². The molecule has 0 fully saturated rings. The molecule has 0 aromatic heterocycles. The van der Waals surface area contributed by atoms with E-state index in [1.165, 1.54) is 43.8 Å². The lowest BCUT2D eigenvalue weighted by Crippen LogP contribution is -1.91. The van der Waals surface area contributed by atoms with Crippen LogP contribution in [0.15, 0.2) is 106 Å². The molecule has 0 atom stereocenters. The summed E-state index contributed by atoms with van der Waals surface area (Å²) in [6.45, 7) is 0. The summed E-state index contributed by atoms with van der Waals surface area (Å²) < 4.78 is 2.18. The first-order valence-electron chi connectivity index (χ1n) is 9.18. The first kappa shape index (κ1) is 17.7. The van der Waals surface area contributed by atoms with Crippen LogP contribution in [0.1, 0.15) is 0 Å². The van der Waals surface area contributed by atoms with Gasteiger partial charge in [-0.3, -0.25) is 0 Å². The molecular formula is C26H16Br2. The highest BCUT2D eigenvalue weighted by atomic mass is 79.9. The van der Waals surface area contributed by atoms with Gasteiger partial charge in [-0.25, -0.2) is 0 Å². The van der Waals surface area contributed by atoms with E-state index >= 15 is 0 Å². The Labute approximate surface area is 181 Å². The van der Waals surface area contributed by atoms with E-state index in [-0.39, 0.29) is 0 Å². The number of fused-ring (bicyclic) bond motifs is 2. The zero-order valence-corrected chi connectivity index (χ0v) is 18.2. The molecule has 5 aromatic rings. The number of benzene rings is 5. The fraction of sp³-hybridized carbons (Fsp3) is 0. The van der Waals surface area contributed by atoms with E-state index in [1.807, 2.05) is 0 Å². The molecule has 0 amide bonds. The summed E-state index contributed by atoms with van der Waals surface area (Å²) in [5.74, 6) is 0. The third kappa shape index (κ3) is 2.97. The molecule has 0 spiro atoms. The minimum absolute atomic E-state index is 1.09. The summed E-state index contributed by atoms with van der Waals surface area (Å²) in [5.41, 5.74) is 5.02. The molecule has 5 rings (SSSR count). The van der Waals surface area contributed by atoms with Crippen molar-refractivity contribution >= 4 is 53.4 Å². The van der Waals surface area contributed by atoms with Crippen LogP contribution in [-0.4, -0.2) is 0 Å². The monoisotopic (exact) mass is 486 g/mol. The maximum absolute atomic E-state index is 3.69. The van der Waals surface area contributed by atoms with E-state index in [9.17, 15) is 0 Å². The van der Waals surface area contributed by atoms with Crippen molar-refractivity contribution in [1.29, 1.82) is 0 Å². The molecule has 0 aliphatic carbocycles. The van der Waals surface area contributed by atoms with Gasteiger partial charge in [0.15, 0.2) is 0 Å². The van der Waals surface area contributed by atoms with E-state index < -0.39 is 0 Å². The Balaban J connectivity index is 2.05. The van der Waals surface area contributed by atoms with Gasteiger partial charge < -0.3 is 0 Å². The van der Waals surface area contributed by atoms with E-state index in [4.69, 9.17) is 0 Å². The zero-order valence-electron chi connectivity index (χ0n) is 15.0. The van der Waals surface area contributed by atoms with Crippen LogP contribution in [0.3, 0.4) is 0 Å². The van der Waals surface area contributed by atoms with Gasteiger partial charge in [0.05, 0.1) is 0 Å². The fourth-order valence-corrected chi connectivity index (χ4v) is 4.73. The van der Waals surface area contributed by atoms with Gasteiger partial charge in [0.25, 0.3) is 0 Å². The predicted molar refractivity (Wildman–Crippen MR) is 128 cm³/mol. The van der Waals surface area contributed by atoms with Crippen molar-refractivity contribution in [2.45, 2.75) is 0 Å². The van der Waals surface area contributed by atoms with Crippen LogP contribution < -0.4 is 0 Å². The van der Waals surface area contributed by atoms with Crippen LogP contribution in [-0.2, 0) is 0 Å². The molecule has 0 saturated heterocycles. The molecule has 0 heterocycles. The molecular weight excluding hydrogens is 472 g/mol. The Morgan fingerprint density at radius 3 is 1.21 bits per heavy atom. The van der Waals surface area contributed by atoms with Gasteiger partial charge in [0.2, 0.25) is 0 Å². The smallest absolute Gasteiger partial charge is 0.0181 e. The fourth-order valence-electron chi connectivity index (χ4n) is 4.00. The third-order valence-corrected chi connectivity index (χ3v) is 6.15. The van der Waals surface area contributed by atoms with Gasteiger partial charge in [-0.1, -0.05) is 105 Å². The third-order valence-electron chi connectivity index (χ3n) is 5.17. The van der Waals surface area contributed by atoms with Crippen LogP contribution in [0.4, 0.5) is 0 Å². The molecule has 0 radical (unpaired) electrons. The average Bonchev–Trinajstić information content (AvgIpc) is 2.73. The lowest BCUT2D eigenvalue weighted by molar-refractivity contribution is 1.63. The molecule has 0 unspecified atom stereocenters. The summed E-state index contributed by atoms with van der Waals surface area (Å²) in [5, 5.41) is 5.04. The van der Waals surface area contributed by atoms with Crippen molar-refractivity contribution in [1.82, 2.24) is 0 Å². The van der Waals surface area contributed by atoms with E-state index in [1.54, 1.807) is 0 Å². The molecule has 0 saturated carbocycles. The maximum Gasteiger partial charge on any atom is 0.0181 e. The van der Waals surface area contributed by atoms with Crippen LogP contribution in [0, 0.1) is 0 Å². The predicted octanol–water partition coefficient (Wildman–Crippen LogP) is 8.85. The normalized spacial score (nSPS) is 11.2. The number of rotatable bonds is 2. The minimum atomic E-state index is 1.09. The van der Waals surface area contributed by atoms with E-state index in [0.717, 1.165) is 8.95 Å². The summed E-state index contributed by atoms with van der Waals surface area (Å²) in [4.78, 5) is 0. The summed E-state index contributed by atoms with van der Waals surface area (Å²) in [6, 6.07) is 34.5. The van der Waals surface area contributed by atoms with E-state index in [0.29, 0.717) is 0 Å². The van der Waals surface area contributed by atoms with Crippen molar-refractivity contribution in [2.75, 3.05) is 0 Å². The highest BCUT2D eigenvalue weighted by molar-refractivity contribution is 9.10. The van der Waals surface area contributed by atoms with Crippen LogP contribution in [0.25, 0.3) is 43.8 Å². The van der Waals surface area contributed by atoms with Gasteiger partial charge in [0, 0.05) is 8.95 Å². The van der Waals surface area contributed by atoms with Crippen molar-refractivity contribution in [3.63, 3.8) is 0 Å². The molecule has 0 aliphatic rings. The van der Waals surface area contributed by atoms with Crippen LogP contribution in [0.5, 0.6) is 0 Å². The second-order valence-electron chi connectivity index (χ2n) is 6.86. The first-order valence-corrected chi connectivity index (χ1v) is 10.8. The quantitative estimate of drug-likeness (QED) is 0.218. The standard InChI is InChI=1S/C26H16Br2/c27-19-11-13-21-23(15-19)26(18-9-5-2-6-10-18)24-16-20(28)12-14-22(24)25(21)17-7-3-1-4-8-17/h1-16H. The Hall–Kier alpha value is -2.42. The second-order valence-corrected chi connectivity index (χ2v) is 8.69. The van der Waals surface area contributed by atoms with Gasteiger partial charge >= 0.3 is 0 Å². The Morgan fingerprint density at radius 2 is 0.786 bits per heavy atom. The molecule has 2 heteroatoms. The van der Waals surface area contributed by atoms with Gasteiger partial charge in [-0.2, -0.15) is 0 Å². The van der Waals surface area contributed by atoms with Crippen molar-refractivity contribution in [3.8, 4) is 22.3 Å². The summed E-state index contributed by atoms with van der Waals surface area (Å²) >= 11 is 7.38. The van der Waals surface area contributed by atoms with Gasteiger partial charge in [-0.05, 0) is 68.1 Å². The number of halogens is 2. The van der Waals surface area contributed by atoms with Crippen molar-refractivity contribution < 1.29 is 0 Å². The van der Waals surface area contributed by atoms with Crippen LogP contribution >= 0.6 is 31.9 Å². The topological polar surface area (TPSA) is 0 Å². The molecule has 0 N–H and O–H groups in total. The molecule has 28 heavy (non-hydrogen) atoms. The minimum Gasteiger partial charge on any atom is -0.0622 e. The van der Waals surface area contributed by atoms with Gasteiger partial charge in [0.1, 0.15) is 0 Å². The van der Waals surface area contributed by atoms with Crippen molar-refractivity contribution in [2.24, 2.45) is 0 Å². The van der Waals surface area contributed by atoms with E-state index in [2.05, 4.69) is 129 Å². The molecule has 0 nitrogen and oxygen atoms in total. The van der Waals surface area contributed by atoms with Crippen molar-refractivity contribution in [3.05, 3.63) is 106 Å². The van der Waals surface area contributed by atoms with Crippen LogP contribution in [0.2, 0.25) is 0 Å². The zero-order chi connectivity index (χ0) is 19.1. The number of hydrogen-bond donors (Lipinski definition) is 0. The highest BCUT2D eigenvalue weighted by Gasteiger charge is 2.17. The lowest BCUT2D eigenvalue weighted by atomic mass is 9.86.